The Hall–Kier alpha value is -4.06. The lowest BCUT2D eigenvalue weighted by Gasteiger charge is -2.08. The van der Waals surface area contributed by atoms with E-state index in [1.54, 1.807) is 30.3 Å². The number of ether oxygens (including phenoxy) is 1. The normalized spacial score (nSPS) is 10.8. The van der Waals surface area contributed by atoms with Crippen LogP contribution in [0.3, 0.4) is 0 Å². The molecule has 7 nitrogen and oxygen atoms in total. The number of benzene rings is 2. The predicted molar refractivity (Wildman–Crippen MR) is 113 cm³/mol. The number of H-pyrrole nitrogens is 1. The lowest BCUT2D eigenvalue weighted by atomic mass is 10.1. The van der Waals surface area contributed by atoms with E-state index >= 15 is 0 Å². The second kappa shape index (κ2) is 10.1. The largest absolute Gasteiger partial charge is 0.490 e. The molecule has 0 atom stereocenters. The zero-order valence-corrected chi connectivity index (χ0v) is 16.7. The molecule has 158 valence electrons. The van der Waals surface area contributed by atoms with E-state index in [4.69, 9.17) is 4.74 Å². The van der Waals surface area contributed by atoms with Gasteiger partial charge in [0.05, 0.1) is 18.5 Å². The summed E-state index contributed by atoms with van der Waals surface area (Å²) in [5.74, 6) is -2.34. The number of aromatic amines is 1. The molecule has 2 N–H and O–H groups in total. The highest BCUT2D eigenvalue weighted by atomic mass is 19.2. The number of nitrogens with zero attached hydrogens (tertiary/aromatic N) is 3. The number of nitriles is 1. The molecule has 0 saturated heterocycles. The van der Waals surface area contributed by atoms with E-state index in [1.165, 1.54) is 12.3 Å². The minimum absolute atomic E-state index is 0.0129. The number of hydrogen-bond acceptors (Lipinski definition) is 6. The molecular weight excluding hydrogens is 404 g/mol. The Bertz CT molecular complexity index is 1190. The average molecular weight is 423 g/mol. The number of rotatable bonds is 8. The van der Waals surface area contributed by atoms with Crippen molar-refractivity contribution in [2.24, 2.45) is 5.10 Å². The van der Waals surface area contributed by atoms with Crippen molar-refractivity contribution in [1.82, 2.24) is 9.97 Å². The fraction of sp³-hybridized carbons (Fsp3) is 0.182. The van der Waals surface area contributed by atoms with Gasteiger partial charge in [-0.25, -0.2) is 14.8 Å². The van der Waals surface area contributed by atoms with Crippen molar-refractivity contribution in [1.29, 1.82) is 5.26 Å². The van der Waals surface area contributed by atoms with Gasteiger partial charge in [-0.1, -0.05) is 43.7 Å². The third kappa shape index (κ3) is 5.30. The summed E-state index contributed by atoms with van der Waals surface area (Å²) in [6.45, 7) is 2.23. The van der Waals surface area contributed by atoms with Crippen molar-refractivity contribution in [3.8, 4) is 23.1 Å². The minimum atomic E-state index is -1.06. The van der Waals surface area contributed by atoms with Crippen molar-refractivity contribution in [3.05, 3.63) is 75.6 Å². The summed E-state index contributed by atoms with van der Waals surface area (Å²) in [6.07, 6.45) is 2.80. The van der Waals surface area contributed by atoms with Gasteiger partial charge < -0.3 is 4.74 Å². The molecule has 0 radical (unpaired) electrons. The van der Waals surface area contributed by atoms with Crippen LogP contribution in [0.25, 0.3) is 11.3 Å². The molecule has 0 bridgehead atoms. The molecule has 0 aliphatic heterocycles. The summed E-state index contributed by atoms with van der Waals surface area (Å²) >= 11 is 0. The van der Waals surface area contributed by atoms with E-state index in [0.29, 0.717) is 12.0 Å². The Labute approximate surface area is 177 Å². The Morgan fingerprint density at radius 2 is 2.06 bits per heavy atom. The molecule has 0 aliphatic rings. The van der Waals surface area contributed by atoms with Gasteiger partial charge in [0, 0.05) is 11.1 Å². The lowest BCUT2D eigenvalue weighted by Crippen LogP contribution is -2.16. The van der Waals surface area contributed by atoms with Gasteiger partial charge in [0.25, 0.3) is 5.56 Å². The van der Waals surface area contributed by atoms with Gasteiger partial charge in [-0.2, -0.15) is 14.8 Å². The molecule has 1 aromatic heterocycles. The minimum Gasteiger partial charge on any atom is -0.490 e. The SMILES string of the molecule is CCCCOc1cc(C=NNc2nc(-c3ccccc3)c(C#N)c(=O)[nH]2)cc(F)c1F. The Balaban J connectivity index is 1.84. The van der Waals surface area contributed by atoms with Crippen molar-refractivity contribution in [2.75, 3.05) is 12.0 Å². The van der Waals surface area contributed by atoms with Crippen LogP contribution in [0, 0.1) is 23.0 Å². The standard InChI is InChI=1S/C22H19F2N5O2/c1-2-3-9-31-18-11-14(10-17(23)19(18)24)13-26-29-22-27-20(15-7-5-4-6-8-15)16(12-25)21(30)28-22/h4-8,10-11,13H,2-3,9H2,1H3,(H2,27,28,29,30). The molecule has 0 aliphatic carbocycles. The Morgan fingerprint density at radius 3 is 2.77 bits per heavy atom. The molecule has 0 fully saturated rings. The summed E-state index contributed by atoms with van der Waals surface area (Å²) in [7, 11) is 0. The highest BCUT2D eigenvalue weighted by Crippen LogP contribution is 2.22. The van der Waals surface area contributed by atoms with E-state index in [9.17, 15) is 18.8 Å². The number of aromatic nitrogens is 2. The molecule has 1 heterocycles. The number of unbranched alkanes of at least 4 members (excludes halogenated alkanes) is 1. The topological polar surface area (TPSA) is 103 Å². The van der Waals surface area contributed by atoms with E-state index < -0.39 is 17.2 Å². The first-order chi connectivity index (χ1) is 15.0. The summed E-state index contributed by atoms with van der Waals surface area (Å²) < 4.78 is 33.0. The molecule has 31 heavy (non-hydrogen) atoms. The van der Waals surface area contributed by atoms with Crippen molar-refractivity contribution < 1.29 is 13.5 Å². The maximum Gasteiger partial charge on any atom is 0.270 e. The summed E-state index contributed by atoms with van der Waals surface area (Å²) in [5.41, 5.74) is 2.81. The van der Waals surface area contributed by atoms with Crippen molar-refractivity contribution in [2.45, 2.75) is 19.8 Å². The number of hydrogen-bond donors (Lipinski definition) is 2. The molecule has 0 amide bonds. The Kier molecular flexibility index (Phi) is 7.06. The molecule has 0 saturated carbocycles. The smallest absolute Gasteiger partial charge is 0.270 e. The van der Waals surface area contributed by atoms with Crippen LogP contribution in [0.2, 0.25) is 0 Å². The number of nitrogens with one attached hydrogen (secondary N) is 2. The number of hydrazone groups is 1. The predicted octanol–water partition coefficient (Wildman–Crippen LogP) is 4.21. The summed E-state index contributed by atoms with van der Waals surface area (Å²) in [4.78, 5) is 18.9. The first kappa shape index (κ1) is 21.6. The van der Waals surface area contributed by atoms with E-state index in [1.807, 2.05) is 13.0 Å². The fourth-order valence-electron chi connectivity index (χ4n) is 2.69. The third-order valence-corrected chi connectivity index (χ3v) is 4.24. The highest BCUT2D eigenvalue weighted by molar-refractivity contribution is 5.81. The van der Waals surface area contributed by atoms with Gasteiger partial charge in [0.2, 0.25) is 11.8 Å². The zero-order chi connectivity index (χ0) is 22.2. The van der Waals surface area contributed by atoms with Crippen LogP contribution in [-0.4, -0.2) is 22.8 Å². The van der Waals surface area contributed by atoms with E-state index in [0.717, 1.165) is 12.5 Å². The first-order valence-electron chi connectivity index (χ1n) is 9.54. The monoisotopic (exact) mass is 423 g/mol. The fourth-order valence-corrected chi connectivity index (χ4v) is 2.69. The van der Waals surface area contributed by atoms with Gasteiger partial charge >= 0.3 is 0 Å². The number of halogens is 2. The van der Waals surface area contributed by atoms with Crippen molar-refractivity contribution in [3.63, 3.8) is 0 Å². The molecule has 3 aromatic rings. The average Bonchev–Trinajstić information content (AvgIpc) is 2.77. The van der Waals surface area contributed by atoms with Crippen LogP contribution in [0.4, 0.5) is 14.7 Å². The number of anilines is 1. The molecule has 9 heteroatoms. The van der Waals surface area contributed by atoms with E-state index in [-0.39, 0.29) is 35.1 Å². The van der Waals surface area contributed by atoms with Crippen LogP contribution >= 0.6 is 0 Å². The molecule has 0 spiro atoms. The zero-order valence-electron chi connectivity index (χ0n) is 16.7. The molecule has 3 rings (SSSR count). The van der Waals surface area contributed by atoms with Gasteiger partial charge in [0.15, 0.2) is 11.6 Å². The molecule has 2 aromatic carbocycles. The second-order valence-electron chi connectivity index (χ2n) is 6.50. The molecule has 0 unspecified atom stereocenters. The van der Waals surface area contributed by atoms with Crippen LogP contribution in [-0.2, 0) is 0 Å². The summed E-state index contributed by atoms with van der Waals surface area (Å²) in [5, 5.41) is 13.2. The van der Waals surface area contributed by atoms with Crippen LogP contribution in [0.15, 0.2) is 52.4 Å². The highest BCUT2D eigenvalue weighted by Gasteiger charge is 2.13. The quantitative estimate of drug-likeness (QED) is 0.321. The van der Waals surface area contributed by atoms with Crippen molar-refractivity contribution >= 4 is 12.2 Å². The van der Waals surface area contributed by atoms with Crippen LogP contribution < -0.4 is 15.7 Å². The summed E-state index contributed by atoms with van der Waals surface area (Å²) in [6, 6.07) is 12.9. The van der Waals surface area contributed by atoms with Gasteiger partial charge in [-0.3, -0.25) is 9.78 Å². The van der Waals surface area contributed by atoms with Gasteiger partial charge in [-0.05, 0) is 18.6 Å². The van der Waals surface area contributed by atoms with E-state index in [2.05, 4.69) is 20.5 Å². The second-order valence-corrected chi connectivity index (χ2v) is 6.50. The molecular formula is C22H19F2N5O2. The maximum atomic E-state index is 13.9. The van der Waals surface area contributed by atoms with Crippen LogP contribution in [0.5, 0.6) is 5.75 Å². The van der Waals surface area contributed by atoms with Crippen LogP contribution in [0.1, 0.15) is 30.9 Å². The first-order valence-corrected chi connectivity index (χ1v) is 9.54. The maximum absolute atomic E-state index is 13.9. The van der Waals surface area contributed by atoms with Gasteiger partial charge in [-0.15, -0.1) is 0 Å². The van der Waals surface area contributed by atoms with Gasteiger partial charge in [0.1, 0.15) is 11.6 Å². The lowest BCUT2D eigenvalue weighted by molar-refractivity contribution is 0.288. The Morgan fingerprint density at radius 1 is 1.29 bits per heavy atom. The third-order valence-electron chi connectivity index (χ3n) is 4.24.